The van der Waals surface area contributed by atoms with Gasteiger partial charge in [0.15, 0.2) is 0 Å². The average Bonchev–Trinajstić information content (AvgIpc) is 2.33. The van der Waals surface area contributed by atoms with Gasteiger partial charge in [-0.3, -0.25) is 9.59 Å². The number of rotatable bonds is 3. The number of halogens is 1. The van der Waals surface area contributed by atoms with Crippen molar-refractivity contribution in [3.05, 3.63) is 27.7 Å². The Balaban J connectivity index is 2.40. The lowest BCUT2D eigenvalue weighted by molar-refractivity contribution is -0.131. The topological polar surface area (TPSA) is 49.4 Å². The molecule has 1 N–H and O–H groups in total. The summed E-state index contributed by atoms with van der Waals surface area (Å²) in [7, 11) is 0. The van der Waals surface area contributed by atoms with Crippen LogP contribution in [0.15, 0.2) is 16.6 Å². The Morgan fingerprint density at radius 3 is 2.45 bits per heavy atom. The minimum atomic E-state index is -0.399. The summed E-state index contributed by atoms with van der Waals surface area (Å²) < 4.78 is 0.982. The van der Waals surface area contributed by atoms with E-state index in [2.05, 4.69) is 21.2 Å². The largest absolute Gasteiger partial charge is 0.343 e. The predicted octanol–water partition coefficient (Wildman–Crippen LogP) is 2.70. The molecule has 0 aromatic heterocycles. The number of carbonyl (C=O) groups is 2. The number of piperazine rings is 1. The molecule has 1 aliphatic rings. The van der Waals surface area contributed by atoms with Gasteiger partial charge in [0.1, 0.15) is 12.6 Å². The van der Waals surface area contributed by atoms with Crippen molar-refractivity contribution in [2.24, 2.45) is 0 Å². The number of hydrogen-bond acceptors (Lipinski definition) is 2. The fourth-order valence-electron chi connectivity index (χ4n) is 2.71. The maximum atomic E-state index is 12.6. The molecule has 0 aliphatic carbocycles. The van der Waals surface area contributed by atoms with E-state index in [4.69, 9.17) is 0 Å². The second-order valence-corrected chi connectivity index (χ2v) is 6.14. The summed E-state index contributed by atoms with van der Waals surface area (Å²) in [6, 6.07) is 3.54. The second kappa shape index (κ2) is 5.95. The maximum Gasteiger partial charge on any atom is 0.250 e. The Morgan fingerprint density at radius 2 is 1.90 bits per heavy atom. The molecule has 5 heteroatoms. The first-order chi connectivity index (χ1) is 9.43. The Bertz CT molecular complexity index is 534. The first-order valence-corrected chi connectivity index (χ1v) is 7.60. The van der Waals surface area contributed by atoms with Gasteiger partial charge >= 0.3 is 0 Å². The van der Waals surface area contributed by atoms with E-state index in [-0.39, 0.29) is 18.4 Å². The molecule has 20 heavy (non-hydrogen) atoms. The normalized spacial score (nSPS) is 19.2. The summed E-state index contributed by atoms with van der Waals surface area (Å²) in [4.78, 5) is 26.0. The molecule has 1 atom stereocenters. The van der Waals surface area contributed by atoms with Crippen molar-refractivity contribution in [2.45, 2.75) is 39.7 Å². The highest BCUT2D eigenvalue weighted by Gasteiger charge is 2.34. The molecule has 0 radical (unpaired) electrons. The van der Waals surface area contributed by atoms with Crippen molar-refractivity contribution in [1.29, 1.82) is 0 Å². The Morgan fingerprint density at radius 1 is 1.30 bits per heavy atom. The fourth-order valence-corrected chi connectivity index (χ4v) is 3.40. The third-order valence-corrected chi connectivity index (χ3v) is 3.96. The molecule has 1 fully saturated rings. The quantitative estimate of drug-likeness (QED) is 0.921. The van der Waals surface area contributed by atoms with Crippen LogP contribution in [0.4, 0.5) is 5.69 Å². The molecule has 1 saturated heterocycles. The van der Waals surface area contributed by atoms with Gasteiger partial charge in [0, 0.05) is 4.47 Å². The van der Waals surface area contributed by atoms with E-state index in [1.165, 1.54) is 0 Å². The van der Waals surface area contributed by atoms with Crippen molar-refractivity contribution < 1.29 is 9.59 Å². The zero-order chi connectivity index (χ0) is 14.9. The lowest BCUT2D eigenvalue weighted by atomic mass is 10.0. The Hall–Kier alpha value is -1.36. The van der Waals surface area contributed by atoms with E-state index in [1.54, 1.807) is 4.90 Å². The third-order valence-electron chi connectivity index (χ3n) is 3.50. The SMILES string of the molecule is CCCC1NC(=O)CN(c2c(C)cc(Br)cc2C)C1=O. The first-order valence-electron chi connectivity index (χ1n) is 6.81. The molecule has 1 aromatic rings. The van der Waals surface area contributed by atoms with Crippen LogP contribution in [0.25, 0.3) is 0 Å². The summed E-state index contributed by atoms with van der Waals surface area (Å²) in [5, 5.41) is 2.78. The van der Waals surface area contributed by atoms with Crippen LogP contribution in [0.3, 0.4) is 0 Å². The molecule has 0 bridgehead atoms. The van der Waals surface area contributed by atoms with Gasteiger partial charge in [-0.1, -0.05) is 29.3 Å². The molecular weight excluding hydrogens is 320 g/mol. The Kier molecular flexibility index (Phi) is 4.48. The number of carbonyl (C=O) groups excluding carboxylic acids is 2. The van der Waals surface area contributed by atoms with Crippen LogP contribution >= 0.6 is 15.9 Å². The van der Waals surface area contributed by atoms with E-state index in [9.17, 15) is 9.59 Å². The standard InChI is InChI=1S/C15H19BrN2O2/c1-4-5-12-15(20)18(8-13(19)17-12)14-9(2)6-11(16)7-10(14)3/h6-7,12H,4-5,8H2,1-3H3,(H,17,19). The van der Waals surface area contributed by atoms with Gasteiger partial charge in [0.25, 0.3) is 0 Å². The molecule has 1 aromatic carbocycles. The molecule has 2 rings (SSSR count). The van der Waals surface area contributed by atoms with Gasteiger partial charge in [0.2, 0.25) is 11.8 Å². The molecule has 1 aliphatic heterocycles. The van der Waals surface area contributed by atoms with Crippen molar-refractivity contribution in [3.8, 4) is 0 Å². The van der Waals surface area contributed by atoms with Crippen LogP contribution in [0.5, 0.6) is 0 Å². The molecular formula is C15H19BrN2O2. The summed E-state index contributed by atoms with van der Waals surface area (Å²) in [6.45, 7) is 6.03. The maximum absolute atomic E-state index is 12.6. The summed E-state index contributed by atoms with van der Waals surface area (Å²) >= 11 is 3.45. The van der Waals surface area contributed by atoms with Crippen molar-refractivity contribution in [1.82, 2.24) is 5.32 Å². The zero-order valence-electron chi connectivity index (χ0n) is 12.0. The van der Waals surface area contributed by atoms with Crippen LogP contribution in [0.1, 0.15) is 30.9 Å². The van der Waals surface area contributed by atoms with Crippen LogP contribution in [0.2, 0.25) is 0 Å². The number of amides is 2. The van der Waals surface area contributed by atoms with Gasteiger partial charge in [-0.15, -0.1) is 0 Å². The molecule has 0 spiro atoms. The first kappa shape index (κ1) is 15.0. The number of benzene rings is 1. The summed E-state index contributed by atoms with van der Waals surface area (Å²) in [6.07, 6.45) is 1.54. The lowest BCUT2D eigenvalue weighted by Gasteiger charge is -2.34. The third kappa shape index (κ3) is 2.87. The molecule has 4 nitrogen and oxygen atoms in total. The van der Waals surface area contributed by atoms with Gasteiger partial charge in [-0.2, -0.15) is 0 Å². The molecule has 2 amide bonds. The van der Waals surface area contributed by atoms with Crippen molar-refractivity contribution in [3.63, 3.8) is 0 Å². The average molecular weight is 339 g/mol. The minimum absolute atomic E-state index is 0.0139. The number of hydrogen-bond donors (Lipinski definition) is 1. The van der Waals surface area contributed by atoms with Crippen LogP contribution in [-0.4, -0.2) is 24.4 Å². The number of nitrogens with zero attached hydrogens (tertiary/aromatic N) is 1. The molecule has 1 heterocycles. The smallest absolute Gasteiger partial charge is 0.250 e. The Labute approximate surface area is 127 Å². The highest BCUT2D eigenvalue weighted by atomic mass is 79.9. The molecule has 108 valence electrons. The summed E-state index contributed by atoms with van der Waals surface area (Å²) in [5.74, 6) is -0.107. The molecule has 1 unspecified atom stereocenters. The van der Waals surface area contributed by atoms with E-state index < -0.39 is 6.04 Å². The van der Waals surface area contributed by atoms with Crippen molar-refractivity contribution >= 4 is 33.4 Å². The van der Waals surface area contributed by atoms with Crippen molar-refractivity contribution in [2.75, 3.05) is 11.4 Å². The fraction of sp³-hybridized carbons (Fsp3) is 0.467. The second-order valence-electron chi connectivity index (χ2n) is 5.22. The highest BCUT2D eigenvalue weighted by molar-refractivity contribution is 9.10. The number of aryl methyl sites for hydroxylation is 2. The monoisotopic (exact) mass is 338 g/mol. The van der Waals surface area contributed by atoms with Crippen LogP contribution in [-0.2, 0) is 9.59 Å². The van der Waals surface area contributed by atoms with E-state index in [0.717, 1.165) is 27.7 Å². The van der Waals surface area contributed by atoms with Crippen LogP contribution < -0.4 is 10.2 Å². The van der Waals surface area contributed by atoms with Gasteiger partial charge in [-0.25, -0.2) is 0 Å². The highest BCUT2D eigenvalue weighted by Crippen LogP contribution is 2.30. The zero-order valence-corrected chi connectivity index (χ0v) is 13.6. The van der Waals surface area contributed by atoms with E-state index >= 15 is 0 Å². The lowest BCUT2D eigenvalue weighted by Crippen LogP contribution is -2.58. The van der Waals surface area contributed by atoms with E-state index in [1.807, 2.05) is 32.9 Å². The number of anilines is 1. The predicted molar refractivity (Wildman–Crippen MR) is 82.8 cm³/mol. The summed E-state index contributed by atoms with van der Waals surface area (Å²) in [5.41, 5.74) is 2.85. The van der Waals surface area contributed by atoms with Gasteiger partial charge < -0.3 is 10.2 Å². The number of nitrogens with one attached hydrogen (secondary N) is 1. The minimum Gasteiger partial charge on any atom is -0.343 e. The molecule has 0 saturated carbocycles. The van der Waals surface area contributed by atoms with E-state index in [0.29, 0.717) is 6.42 Å². The van der Waals surface area contributed by atoms with Crippen LogP contribution in [0, 0.1) is 13.8 Å². The van der Waals surface area contributed by atoms with Gasteiger partial charge in [0.05, 0.1) is 5.69 Å². The van der Waals surface area contributed by atoms with Gasteiger partial charge in [-0.05, 0) is 43.5 Å².